The van der Waals surface area contributed by atoms with Gasteiger partial charge in [-0.1, -0.05) is 22.5 Å². The van der Waals surface area contributed by atoms with Gasteiger partial charge in [0.05, 0.1) is 24.9 Å². The number of benzene rings is 1. The largest absolute Gasteiger partial charge is 0.394 e. The van der Waals surface area contributed by atoms with E-state index in [9.17, 15) is 5.11 Å². The Morgan fingerprint density at radius 3 is 3.03 bits per heavy atom. The highest BCUT2D eigenvalue weighted by molar-refractivity contribution is 5.97. The molecule has 3 aromatic heterocycles. The van der Waals surface area contributed by atoms with Crippen LogP contribution in [0.3, 0.4) is 0 Å². The van der Waals surface area contributed by atoms with Gasteiger partial charge >= 0.3 is 0 Å². The first-order chi connectivity index (χ1) is 14.1. The molecule has 0 bridgehead atoms. The monoisotopic (exact) mass is 393 g/mol. The van der Waals surface area contributed by atoms with Gasteiger partial charge in [-0.25, -0.2) is 14.6 Å². The number of aliphatic hydroxyl groups excluding tert-OH is 2. The molecule has 0 spiro atoms. The first-order valence-corrected chi connectivity index (χ1v) is 9.00. The molecule has 0 aliphatic heterocycles. The first-order valence-electron chi connectivity index (χ1n) is 9.00. The standard InChI is InChI=1S/C19H19N7O3/c1-12(24-29-11-15(28)10-27)17-8-21-18-19(22-17)26(25-23-18)9-13-4-5-16-14(7-13)3-2-6-20-16/h2-8,15,27-28H,9-11H2,1H3/b24-12-. The summed E-state index contributed by atoms with van der Waals surface area (Å²) in [5.74, 6) is 0. The summed E-state index contributed by atoms with van der Waals surface area (Å²) in [5, 5.41) is 31.3. The van der Waals surface area contributed by atoms with Crippen molar-refractivity contribution in [1.29, 1.82) is 0 Å². The molecule has 1 atom stereocenters. The molecule has 0 aliphatic carbocycles. The number of hydrogen-bond acceptors (Lipinski definition) is 9. The van der Waals surface area contributed by atoms with Crippen LogP contribution in [0.15, 0.2) is 47.9 Å². The molecule has 0 amide bonds. The Labute approximate surface area is 165 Å². The summed E-state index contributed by atoms with van der Waals surface area (Å²) in [4.78, 5) is 18.2. The van der Waals surface area contributed by atoms with Crippen LogP contribution in [0.5, 0.6) is 0 Å². The van der Waals surface area contributed by atoms with Gasteiger partial charge in [-0.05, 0) is 30.7 Å². The van der Waals surface area contributed by atoms with E-state index in [0.717, 1.165) is 16.5 Å². The molecule has 1 aromatic carbocycles. The van der Waals surface area contributed by atoms with Gasteiger partial charge in [0.2, 0.25) is 5.65 Å². The van der Waals surface area contributed by atoms with Gasteiger partial charge in [0.15, 0.2) is 5.65 Å². The summed E-state index contributed by atoms with van der Waals surface area (Å²) in [5.41, 5.74) is 3.91. The first kappa shape index (κ1) is 18.8. The molecule has 3 heterocycles. The van der Waals surface area contributed by atoms with Crippen LogP contribution in [-0.2, 0) is 11.4 Å². The Morgan fingerprint density at radius 1 is 1.28 bits per heavy atom. The summed E-state index contributed by atoms with van der Waals surface area (Å²) < 4.78 is 1.67. The molecule has 0 saturated heterocycles. The van der Waals surface area contributed by atoms with E-state index in [1.165, 1.54) is 6.20 Å². The van der Waals surface area contributed by atoms with Crippen molar-refractivity contribution in [2.24, 2.45) is 5.16 Å². The molecule has 4 rings (SSSR count). The van der Waals surface area contributed by atoms with Crippen LogP contribution in [0.1, 0.15) is 18.2 Å². The second kappa shape index (κ2) is 8.25. The van der Waals surface area contributed by atoms with Crippen molar-refractivity contribution in [3.05, 3.63) is 54.0 Å². The van der Waals surface area contributed by atoms with E-state index in [1.807, 2.05) is 24.3 Å². The molecule has 29 heavy (non-hydrogen) atoms. The Kier molecular flexibility index (Phi) is 5.36. The fraction of sp³-hybridized carbons (Fsp3) is 0.263. The number of oxime groups is 1. The Bertz CT molecular complexity index is 1170. The Morgan fingerprint density at radius 2 is 2.17 bits per heavy atom. The van der Waals surface area contributed by atoms with Crippen LogP contribution in [-0.4, -0.2) is 65.2 Å². The third-order valence-electron chi connectivity index (χ3n) is 4.28. The average molecular weight is 393 g/mol. The molecular formula is C19H19N7O3. The zero-order valence-corrected chi connectivity index (χ0v) is 15.7. The summed E-state index contributed by atoms with van der Waals surface area (Å²) in [6.07, 6.45) is 2.32. The minimum Gasteiger partial charge on any atom is -0.394 e. The molecule has 148 valence electrons. The highest BCUT2D eigenvalue weighted by atomic mass is 16.6. The average Bonchev–Trinajstić information content (AvgIpc) is 3.15. The molecular weight excluding hydrogens is 374 g/mol. The van der Waals surface area contributed by atoms with Crippen molar-refractivity contribution >= 4 is 27.9 Å². The minimum absolute atomic E-state index is 0.111. The van der Waals surface area contributed by atoms with Crippen molar-refractivity contribution < 1.29 is 15.1 Å². The maximum atomic E-state index is 9.30. The second-order valence-electron chi connectivity index (χ2n) is 6.49. The quantitative estimate of drug-likeness (QED) is 0.350. The van der Waals surface area contributed by atoms with Crippen LogP contribution >= 0.6 is 0 Å². The van der Waals surface area contributed by atoms with Gasteiger partial charge in [0.1, 0.15) is 24.1 Å². The molecule has 10 heteroatoms. The van der Waals surface area contributed by atoms with Gasteiger partial charge < -0.3 is 15.1 Å². The predicted molar refractivity (Wildman–Crippen MR) is 105 cm³/mol. The molecule has 4 aromatic rings. The molecule has 0 radical (unpaired) electrons. The maximum Gasteiger partial charge on any atom is 0.221 e. The van der Waals surface area contributed by atoms with Gasteiger partial charge in [0.25, 0.3) is 0 Å². The second-order valence-corrected chi connectivity index (χ2v) is 6.49. The van der Waals surface area contributed by atoms with E-state index in [2.05, 4.69) is 36.5 Å². The third-order valence-corrected chi connectivity index (χ3v) is 4.28. The summed E-state index contributed by atoms with van der Waals surface area (Å²) in [7, 11) is 0. The zero-order valence-electron chi connectivity index (χ0n) is 15.7. The molecule has 0 aliphatic rings. The third kappa shape index (κ3) is 4.18. The highest BCUT2D eigenvalue weighted by Gasteiger charge is 2.12. The van der Waals surface area contributed by atoms with Crippen molar-refractivity contribution in [1.82, 2.24) is 29.9 Å². The van der Waals surface area contributed by atoms with Crippen LogP contribution in [0, 0.1) is 0 Å². The lowest BCUT2D eigenvalue weighted by atomic mass is 10.1. The summed E-state index contributed by atoms with van der Waals surface area (Å²) in [6, 6.07) is 9.93. The van der Waals surface area contributed by atoms with E-state index in [0.29, 0.717) is 29.2 Å². The van der Waals surface area contributed by atoms with E-state index < -0.39 is 12.7 Å². The van der Waals surface area contributed by atoms with Crippen molar-refractivity contribution in [3.63, 3.8) is 0 Å². The number of rotatable bonds is 7. The summed E-state index contributed by atoms with van der Waals surface area (Å²) in [6.45, 7) is 1.69. The normalized spacial score (nSPS) is 13.1. The number of pyridine rings is 1. The lowest BCUT2D eigenvalue weighted by Gasteiger charge is -2.06. The van der Waals surface area contributed by atoms with Crippen LogP contribution in [0.4, 0.5) is 0 Å². The van der Waals surface area contributed by atoms with E-state index in [4.69, 9.17) is 9.94 Å². The molecule has 2 N–H and O–H groups in total. The number of aromatic nitrogens is 6. The Hall–Kier alpha value is -3.50. The van der Waals surface area contributed by atoms with Gasteiger partial charge in [-0.3, -0.25) is 4.98 Å². The van der Waals surface area contributed by atoms with E-state index >= 15 is 0 Å². The van der Waals surface area contributed by atoms with Crippen molar-refractivity contribution in [2.45, 2.75) is 19.6 Å². The highest BCUT2D eigenvalue weighted by Crippen LogP contribution is 2.15. The van der Waals surface area contributed by atoms with Crippen molar-refractivity contribution in [2.75, 3.05) is 13.2 Å². The van der Waals surface area contributed by atoms with Crippen LogP contribution < -0.4 is 0 Å². The van der Waals surface area contributed by atoms with Crippen LogP contribution in [0.2, 0.25) is 0 Å². The number of aliphatic hydroxyl groups is 2. The smallest absolute Gasteiger partial charge is 0.221 e. The fourth-order valence-electron chi connectivity index (χ4n) is 2.75. The van der Waals surface area contributed by atoms with E-state index in [1.54, 1.807) is 17.8 Å². The van der Waals surface area contributed by atoms with Gasteiger partial charge in [-0.15, -0.1) is 5.10 Å². The van der Waals surface area contributed by atoms with Gasteiger partial charge in [0, 0.05) is 11.6 Å². The Balaban J connectivity index is 1.58. The minimum atomic E-state index is -0.983. The number of nitrogens with zero attached hydrogens (tertiary/aromatic N) is 7. The SMILES string of the molecule is C/C(=N/OCC(O)CO)c1cnc2nnn(Cc3ccc4ncccc4c3)c2n1. The molecule has 10 nitrogen and oxygen atoms in total. The topological polar surface area (TPSA) is 131 Å². The molecule has 0 saturated carbocycles. The van der Waals surface area contributed by atoms with Crippen molar-refractivity contribution in [3.8, 4) is 0 Å². The fourth-order valence-corrected chi connectivity index (χ4v) is 2.75. The lowest BCUT2D eigenvalue weighted by molar-refractivity contribution is 0.00831. The summed E-state index contributed by atoms with van der Waals surface area (Å²) >= 11 is 0. The molecule has 1 unspecified atom stereocenters. The lowest BCUT2D eigenvalue weighted by Crippen LogP contribution is -2.18. The zero-order chi connectivity index (χ0) is 20.2. The van der Waals surface area contributed by atoms with Crippen LogP contribution in [0.25, 0.3) is 22.2 Å². The number of hydrogen-bond donors (Lipinski definition) is 2. The maximum absolute atomic E-state index is 9.30. The van der Waals surface area contributed by atoms with Gasteiger partial charge in [-0.2, -0.15) is 0 Å². The molecule has 0 fully saturated rings. The number of fused-ring (bicyclic) bond motifs is 2. The predicted octanol–water partition coefficient (Wildman–Crippen LogP) is 0.912. The van der Waals surface area contributed by atoms with E-state index in [-0.39, 0.29) is 6.61 Å².